The van der Waals surface area contributed by atoms with E-state index in [0.717, 1.165) is 18.1 Å². The van der Waals surface area contributed by atoms with E-state index in [1.807, 2.05) is 19.1 Å². The van der Waals surface area contributed by atoms with Gasteiger partial charge in [-0.2, -0.15) is 0 Å². The third-order valence-electron chi connectivity index (χ3n) is 4.30. The van der Waals surface area contributed by atoms with Gasteiger partial charge in [-0.3, -0.25) is 4.79 Å². The maximum Gasteiger partial charge on any atom is 0.252 e. The largest absolute Gasteiger partial charge is 0.497 e. The average molecular weight is 359 g/mol. The molecule has 2 aromatic rings. The van der Waals surface area contributed by atoms with Gasteiger partial charge in [0.2, 0.25) is 0 Å². The number of primary amides is 1. The van der Waals surface area contributed by atoms with E-state index in [2.05, 4.69) is 10.3 Å². The summed E-state index contributed by atoms with van der Waals surface area (Å²) < 4.78 is 19.7. The number of hydrogen-bond acceptors (Lipinski definition) is 6. The monoisotopic (exact) mass is 359 g/mol. The Kier molecular flexibility index (Phi) is 4.94. The van der Waals surface area contributed by atoms with Gasteiger partial charge in [0.25, 0.3) is 5.91 Å². The molecule has 1 aliphatic heterocycles. The van der Waals surface area contributed by atoms with Crippen LogP contribution in [0.1, 0.15) is 22.3 Å². The van der Waals surface area contributed by atoms with Crippen LogP contribution in [0, 0.1) is 12.7 Å². The molecular weight excluding hydrogens is 337 g/mol. The maximum absolute atomic E-state index is 14.5. The van der Waals surface area contributed by atoms with Crippen molar-refractivity contribution in [1.82, 2.24) is 4.98 Å². The molecule has 1 aliphatic rings. The second kappa shape index (κ2) is 7.17. The van der Waals surface area contributed by atoms with Crippen molar-refractivity contribution in [2.45, 2.75) is 19.4 Å². The number of anilines is 3. The lowest BCUT2D eigenvalue weighted by atomic mass is 10.2. The van der Waals surface area contributed by atoms with E-state index in [1.165, 1.54) is 0 Å². The molecule has 138 valence electrons. The topological polar surface area (TPSA) is 106 Å². The molecule has 1 fully saturated rings. The van der Waals surface area contributed by atoms with E-state index < -0.39 is 11.7 Å². The van der Waals surface area contributed by atoms with E-state index in [9.17, 15) is 9.18 Å². The number of nitrogens with two attached hydrogens (primary N) is 2. The van der Waals surface area contributed by atoms with Crippen LogP contribution in [0.5, 0.6) is 5.75 Å². The minimum atomic E-state index is -0.761. The van der Waals surface area contributed by atoms with Gasteiger partial charge in [-0.15, -0.1) is 0 Å². The van der Waals surface area contributed by atoms with Crippen LogP contribution in [-0.2, 0) is 0 Å². The number of halogens is 1. The zero-order valence-corrected chi connectivity index (χ0v) is 14.8. The first kappa shape index (κ1) is 17.9. The predicted octanol–water partition coefficient (Wildman–Crippen LogP) is 1.92. The number of amides is 1. The summed E-state index contributed by atoms with van der Waals surface area (Å²) >= 11 is 0. The summed E-state index contributed by atoms with van der Waals surface area (Å²) in [6.07, 6.45) is 0.760. The highest BCUT2D eigenvalue weighted by atomic mass is 19.1. The number of nitrogens with one attached hydrogen (secondary N) is 1. The Morgan fingerprint density at radius 3 is 2.77 bits per heavy atom. The van der Waals surface area contributed by atoms with Crippen molar-refractivity contribution in [1.29, 1.82) is 0 Å². The van der Waals surface area contributed by atoms with Gasteiger partial charge in [-0.05, 0) is 37.1 Å². The third-order valence-corrected chi connectivity index (χ3v) is 4.30. The van der Waals surface area contributed by atoms with Crippen molar-refractivity contribution in [2.75, 3.05) is 30.4 Å². The molecule has 0 spiro atoms. The van der Waals surface area contributed by atoms with Crippen molar-refractivity contribution < 1.29 is 13.9 Å². The van der Waals surface area contributed by atoms with Gasteiger partial charge < -0.3 is 26.4 Å². The third kappa shape index (κ3) is 3.70. The van der Waals surface area contributed by atoms with Crippen LogP contribution in [0.2, 0.25) is 0 Å². The number of aryl methyl sites for hydroxylation is 1. The number of ether oxygens (including phenoxy) is 1. The molecule has 7 nitrogen and oxygen atoms in total. The van der Waals surface area contributed by atoms with Crippen LogP contribution < -0.4 is 26.4 Å². The fourth-order valence-electron chi connectivity index (χ4n) is 3.04. The van der Waals surface area contributed by atoms with Gasteiger partial charge >= 0.3 is 0 Å². The molecule has 0 radical (unpaired) electrons. The van der Waals surface area contributed by atoms with E-state index in [1.54, 1.807) is 18.1 Å². The fourth-order valence-corrected chi connectivity index (χ4v) is 3.04. The van der Waals surface area contributed by atoms with Crippen LogP contribution in [0.25, 0.3) is 0 Å². The quantitative estimate of drug-likeness (QED) is 0.753. The Morgan fingerprint density at radius 1 is 1.38 bits per heavy atom. The molecular formula is C18H22FN5O2. The number of hydrogen-bond donors (Lipinski definition) is 3. The van der Waals surface area contributed by atoms with Gasteiger partial charge in [0.05, 0.1) is 12.7 Å². The van der Waals surface area contributed by atoms with E-state index >= 15 is 0 Å². The molecule has 26 heavy (non-hydrogen) atoms. The van der Waals surface area contributed by atoms with Gasteiger partial charge in [0.15, 0.2) is 11.6 Å². The Bertz CT molecular complexity index is 843. The highest BCUT2D eigenvalue weighted by Crippen LogP contribution is 2.29. The minimum Gasteiger partial charge on any atom is -0.497 e. The van der Waals surface area contributed by atoms with E-state index in [-0.39, 0.29) is 23.2 Å². The van der Waals surface area contributed by atoms with Crippen LogP contribution >= 0.6 is 0 Å². The minimum absolute atomic E-state index is 0.0183. The fraction of sp³-hybridized carbons (Fsp3) is 0.333. The van der Waals surface area contributed by atoms with Crippen molar-refractivity contribution in [3.63, 3.8) is 0 Å². The Hall–Kier alpha value is -2.87. The molecule has 1 atom stereocenters. The highest BCUT2D eigenvalue weighted by Gasteiger charge is 2.25. The number of carbonyl (C=O) groups excluding carboxylic acids is 1. The molecule has 1 aromatic heterocycles. The molecule has 0 aliphatic carbocycles. The molecule has 0 unspecified atom stereocenters. The lowest BCUT2D eigenvalue weighted by molar-refractivity contribution is 0.100. The summed E-state index contributed by atoms with van der Waals surface area (Å²) in [7, 11) is 1.57. The molecule has 5 N–H and O–H groups in total. The lowest BCUT2D eigenvalue weighted by Crippen LogP contribution is -2.28. The highest BCUT2D eigenvalue weighted by molar-refractivity contribution is 5.98. The number of aromatic nitrogens is 1. The van der Waals surface area contributed by atoms with Crippen LogP contribution in [-0.4, -0.2) is 37.1 Å². The first-order valence-electron chi connectivity index (χ1n) is 8.31. The summed E-state index contributed by atoms with van der Waals surface area (Å²) in [5.74, 6) is -0.350. The Morgan fingerprint density at radius 2 is 2.15 bits per heavy atom. The second-order valence-corrected chi connectivity index (χ2v) is 6.41. The lowest BCUT2D eigenvalue weighted by Gasteiger charge is -2.20. The summed E-state index contributed by atoms with van der Waals surface area (Å²) in [5, 5.41) is 3.06. The number of carbonyl (C=O) groups is 1. The Labute approximate surface area is 151 Å². The van der Waals surface area contributed by atoms with Crippen LogP contribution in [0.4, 0.5) is 21.7 Å². The number of benzene rings is 1. The van der Waals surface area contributed by atoms with E-state index in [4.69, 9.17) is 16.2 Å². The van der Waals surface area contributed by atoms with Gasteiger partial charge in [0, 0.05) is 30.9 Å². The summed E-state index contributed by atoms with van der Waals surface area (Å²) in [5.41, 5.74) is 12.9. The number of rotatable bonds is 5. The van der Waals surface area contributed by atoms with Crippen molar-refractivity contribution in [2.24, 2.45) is 11.5 Å². The molecule has 3 rings (SSSR count). The summed E-state index contributed by atoms with van der Waals surface area (Å²) in [6.45, 7) is 3.04. The first-order chi connectivity index (χ1) is 12.4. The summed E-state index contributed by atoms with van der Waals surface area (Å²) in [4.78, 5) is 17.9. The molecule has 8 heteroatoms. The second-order valence-electron chi connectivity index (χ2n) is 6.41. The average Bonchev–Trinajstić information content (AvgIpc) is 3.01. The number of nitrogens with zero attached hydrogens (tertiary/aromatic N) is 2. The molecule has 0 saturated carbocycles. The van der Waals surface area contributed by atoms with Gasteiger partial charge in [-0.25, -0.2) is 9.37 Å². The van der Waals surface area contributed by atoms with Gasteiger partial charge in [-0.1, -0.05) is 0 Å². The number of methoxy groups -OCH3 is 1. The zero-order chi connectivity index (χ0) is 18.8. The Balaban J connectivity index is 2.01. The van der Waals surface area contributed by atoms with Gasteiger partial charge in [0.1, 0.15) is 11.6 Å². The maximum atomic E-state index is 14.5. The molecule has 2 heterocycles. The van der Waals surface area contributed by atoms with Crippen molar-refractivity contribution >= 4 is 23.2 Å². The van der Waals surface area contributed by atoms with Crippen LogP contribution in [0.3, 0.4) is 0 Å². The standard InChI is InChI=1S/C18H22FN5O2/c1-10-5-12(7-13(6-10)26-2)22-17-14(16(21)25)8-15(19)18(23-17)24-4-3-11(20)9-24/h5-8,11H,3-4,9,20H2,1-2H3,(H2,21,25)(H,22,23)/t11-/m1/s1. The normalized spacial score (nSPS) is 16.6. The predicted molar refractivity (Wildman–Crippen MR) is 98.5 cm³/mol. The first-order valence-corrected chi connectivity index (χ1v) is 8.31. The van der Waals surface area contributed by atoms with Crippen molar-refractivity contribution in [3.8, 4) is 5.75 Å². The molecule has 1 amide bonds. The van der Waals surface area contributed by atoms with Crippen molar-refractivity contribution in [3.05, 3.63) is 41.2 Å². The zero-order valence-electron chi connectivity index (χ0n) is 14.8. The molecule has 1 saturated heterocycles. The summed E-state index contributed by atoms with van der Waals surface area (Å²) in [6, 6.07) is 6.58. The van der Waals surface area contributed by atoms with E-state index in [0.29, 0.717) is 24.5 Å². The molecule has 1 aromatic carbocycles. The SMILES string of the molecule is COc1cc(C)cc(Nc2nc(N3CC[C@@H](N)C3)c(F)cc2C(N)=O)c1. The molecule has 0 bridgehead atoms. The van der Waals surface area contributed by atoms with Crippen LogP contribution in [0.15, 0.2) is 24.3 Å². The smallest absolute Gasteiger partial charge is 0.252 e. The number of pyridine rings is 1.